The van der Waals surface area contributed by atoms with Crippen molar-refractivity contribution in [1.29, 1.82) is 0 Å². The maximum absolute atomic E-state index is 3.46. The van der Waals surface area contributed by atoms with E-state index in [2.05, 4.69) is 27.9 Å². The van der Waals surface area contributed by atoms with Crippen molar-refractivity contribution >= 4 is 15.9 Å². The molecule has 1 rings (SSSR count). The monoisotopic (exact) mass is 219 g/mol. The van der Waals surface area contributed by atoms with Crippen molar-refractivity contribution < 1.29 is 0 Å². The van der Waals surface area contributed by atoms with Gasteiger partial charge in [0.2, 0.25) is 0 Å². The third kappa shape index (κ3) is 3.12. The molecule has 0 spiro atoms. The number of rotatable bonds is 4. The van der Waals surface area contributed by atoms with Gasteiger partial charge in [0.1, 0.15) is 0 Å². The summed E-state index contributed by atoms with van der Waals surface area (Å²) in [5.74, 6) is 0. The summed E-state index contributed by atoms with van der Waals surface area (Å²) in [4.78, 5) is 2.52. The Labute approximate surface area is 78.3 Å². The van der Waals surface area contributed by atoms with Crippen LogP contribution in [-0.4, -0.2) is 29.9 Å². The van der Waals surface area contributed by atoms with Crippen molar-refractivity contribution in [3.63, 3.8) is 0 Å². The summed E-state index contributed by atoms with van der Waals surface area (Å²) < 4.78 is 0. The van der Waals surface area contributed by atoms with Crippen LogP contribution in [0.3, 0.4) is 0 Å². The summed E-state index contributed by atoms with van der Waals surface area (Å²) in [5.41, 5.74) is 0. The number of hydrogen-bond donors (Lipinski definition) is 0. The molecule has 0 aromatic carbocycles. The van der Waals surface area contributed by atoms with Crippen LogP contribution >= 0.6 is 15.9 Å². The van der Waals surface area contributed by atoms with Crippen LogP contribution in [-0.2, 0) is 0 Å². The molecule has 0 N–H and O–H groups in total. The second-order valence-corrected chi connectivity index (χ2v) is 4.25. The summed E-state index contributed by atoms with van der Waals surface area (Å²) in [7, 11) is 2.26. The zero-order valence-corrected chi connectivity index (χ0v) is 8.94. The summed E-state index contributed by atoms with van der Waals surface area (Å²) in [6.45, 7) is 1.26. The average Bonchev–Trinajstić information content (AvgIpc) is 2.52. The molecule has 1 fully saturated rings. The van der Waals surface area contributed by atoms with Crippen LogP contribution in [0.4, 0.5) is 0 Å². The predicted octanol–water partition coefficient (Wildman–Crippen LogP) is 2.65. The molecule has 2 heteroatoms. The largest absolute Gasteiger partial charge is 0.303 e. The van der Waals surface area contributed by atoms with Crippen LogP contribution in [0.15, 0.2) is 0 Å². The minimum Gasteiger partial charge on any atom is -0.303 e. The van der Waals surface area contributed by atoms with Crippen LogP contribution < -0.4 is 0 Å². The maximum Gasteiger partial charge on any atom is 0.00922 e. The van der Waals surface area contributed by atoms with Gasteiger partial charge in [0, 0.05) is 11.4 Å². The molecule has 66 valence electrons. The highest BCUT2D eigenvalue weighted by Gasteiger charge is 2.18. The lowest BCUT2D eigenvalue weighted by atomic mass is 10.2. The van der Waals surface area contributed by atoms with E-state index in [-0.39, 0.29) is 0 Å². The highest BCUT2D eigenvalue weighted by molar-refractivity contribution is 9.09. The van der Waals surface area contributed by atoms with Crippen LogP contribution in [0.5, 0.6) is 0 Å². The zero-order valence-electron chi connectivity index (χ0n) is 7.35. The van der Waals surface area contributed by atoms with Crippen LogP contribution in [0, 0.1) is 0 Å². The van der Waals surface area contributed by atoms with Crippen LogP contribution in [0.1, 0.15) is 32.1 Å². The Hall–Kier alpha value is 0.440. The number of halogens is 1. The average molecular weight is 220 g/mol. The second-order valence-electron chi connectivity index (χ2n) is 3.46. The predicted molar refractivity (Wildman–Crippen MR) is 53.3 cm³/mol. The molecule has 0 bridgehead atoms. The number of hydrogen-bond acceptors (Lipinski definition) is 1. The molecular weight excluding hydrogens is 202 g/mol. The molecule has 0 amide bonds. The zero-order chi connectivity index (χ0) is 8.10. The van der Waals surface area contributed by atoms with Crippen LogP contribution in [0.2, 0.25) is 0 Å². The molecule has 1 saturated carbocycles. The van der Waals surface area contributed by atoms with Gasteiger partial charge < -0.3 is 4.90 Å². The minimum atomic E-state index is 0.897. The van der Waals surface area contributed by atoms with Gasteiger partial charge in [-0.2, -0.15) is 0 Å². The second kappa shape index (κ2) is 5.15. The van der Waals surface area contributed by atoms with E-state index in [0.29, 0.717) is 0 Å². The fourth-order valence-electron chi connectivity index (χ4n) is 1.84. The van der Waals surface area contributed by atoms with Gasteiger partial charge in [-0.1, -0.05) is 28.8 Å². The lowest BCUT2D eigenvalue weighted by Crippen LogP contribution is -2.30. The first kappa shape index (κ1) is 9.53. The first-order valence-corrected chi connectivity index (χ1v) is 5.73. The van der Waals surface area contributed by atoms with E-state index < -0.39 is 0 Å². The first-order chi connectivity index (χ1) is 5.34. The van der Waals surface area contributed by atoms with Gasteiger partial charge in [0.15, 0.2) is 0 Å². The quantitative estimate of drug-likeness (QED) is 0.658. The normalized spacial score (nSPS) is 19.9. The topological polar surface area (TPSA) is 3.24 Å². The number of alkyl halides is 1. The Morgan fingerprint density at radius 1 is 1.36 bits per heavy atom. The fourth-order valence-corrected chi connectivity index (χ4v) is 2.09. The molecule has 1 aliphatic rings. The Morgan fingerprint density at radius 2 is 2.00 bits per heavy atom. The van der Waals surface area contributed by atoms with Gasteiger partial charge in [0.05, 0.1) is 0 Å². The van der Waals surface area contributed by atoms with E-state index >= 15 is 0 Å². The Kier molecular flexibility index (Phi) is 4.46. The Morgan fingerprint density at radius 3 is 2.55 bits per heavy atom. The summed E-state index contributed by atoms with van der Waals surface area (Å²) >= 11 is 3.46. The van der Waals surface area contributed by atoms with Gasteiger partial charge in [-0.05, 0) is 32.9 Å². The lowest BCUT2D eigenvalue weighted by Gasteiger charge is -2.23. The van der Waals surface area contributed by atoms with Gasteiger partial charge in [-0.3, -0.25) is 0 Å². The minimum absolute atomic E-state index is 0.897. The molecule has 0 saturated heterocycles. The Balaban J connectivity index is 2.12. The summed E-state index contributed by atoms with van der Waals surface area (Å²) in [5, 5.41) is 1.14. The van der Waals surface area contributed by atoms with E-state index in [4.69, 9.17) is 0 Å². The van der Waals surface area contributed by atoms with E-state index in [0.717, 1.165) is 11.4 Å². The van der Waals surface area contributed by atoms with Crippen molar-refractivity contribution in [3.8, 4) is 0 Å². The van der Waals surface area contributed by atoms with Gasteiger partial charge in [-0.25, -0.2) is 0 Å². The third-order valence-corrected chi connectivity index (χ3v) is 3.15. The van der Waals surface area contributed by atoms with Crippen molar-refractivity contribution in [2.75, 3.05) is 18.9 Å². The molecule has 0 unspecified atom stereocenters. The van der Waals surface area contributed by atoms with Crippen LogP contribution in [0.25, 0.3) is 0 Å². The fraction of sp³-hybridized carbons (Fsp3) is 1.00. The molecule has 0 aromatic heterocycles. The Bertz CT molecular complexity index is 99.7. The summed E-state index contributed by atoms with van der Waals surface area (Å²) in [6, 6.07) is 0.897. The molecule has 1 aliphatic carbocycles. The van der Waals surface area contributed by atoms with Gasteiger partial charge in [-0.15, -0.1) is 0 Å². The maximum atomic E-state index is 3.46. The van der Waals surface area contributed by atoms with Crippen molar-refractivity contribution in [1.82, 2.24) is 4.90 Å². The van der Waals surface area contributed by atoms with Crippen molar-refractivity contribution in [3.05, 3.63) is 0 Å². The lowest BCUT2D eigenvalue weighted by molar-refractivity contribution is 0.247. The number of nitrogens with zero attached hydrogens (tertiary/aromatic N) is 1. The highest BCUT2D eigenvalue weighted by atomic mass is 79.9. The van der Waals surface area contributed by atoms with Crippen molar-refractivity contribution in [2.24, 2.45) is 0 Å². The van der Waals surface area contributed by atoms with E-state index in [1.807, 2.05) is 0 Å². The van der Waals surface area contributed by atoms with Crippen molar-refractivity contribution in [2.45, 2.75) is 38.1 Å². The molecule has 0 aromatic rings. The molecule has 0 radical (unpaired) electrons. The smallest absolute Gasteiger partial charge is 0.00922 e. The molecule has 0 atom stereocenters. The van der Waals surface area contributed by atoms with E-state index in [9.17, 15) is 0 Å². The van der Waals surface area contributed by atoms with Gasteiger partial charge >= 0.3 is 0 Å². The van der Waals surface area contributed by atoms with E-state index in [1.54, 1.807) is 0 Å². The molecular formula is C9H18BrN. The SMILES string of the molecule is CN(CCCBr)C1CCCC1. The molecule has 0 aliphatic heterocycles. The highest BCUT2D eigenvalue weighted by Crippen LogP contribution is 2.22. The van der Waals surface area contributed by atoms with Gasteiger partial charge in [0.25, 0.3) is 0 Å². The van der Waals surface area contributed by atoms with E-state index in [1.165, 1.54) is 38.6 Å². The molecule has 0 heterocycles. The first-order valence-electron chi connectivity index (χ1n) is 4.61. The molecule has 1 nitrogen and oxygen atoms in total. The molecule has 11 heavy (non-hydrogen) atoms. The summed E-state index contributed by atoms with van der Waals surface area (Å²) in [6.07, 6.45) is 7.04. The third-order valence-electron chi connectivity index (χ3n) is 2.59. The standard InChI is InChI=1S/C9H18BrN/c1-11(8-4-7-10)9-5-2-3-6-9/h9H,2-8H2,1H3.